The number of allylic oxidation sites excluding steroid dienone is 1. The van der Waals surface area contributed by atoms with Gasteiger partial charge in [0.05, 0.1) is 23.8 Å². The van der Waals surface area contributed by atoms with Crippen LogP contribution in [0.3, 0.4) is 0 Å². The lowest BCUT2D eigenvalue weighted by atomic mass is 9.89. The molecule has 0 aliphatic heterocycles. The maximum atomic E-state index is 13.0. The summed E-state index contributed by atoms with van der Waals surface area (Å²) in [5.74, 6) is 5.09. The third-order valence-corrected chi connectivity index (χ3v) is 5.61. The molecule has 0 saturated carbocycles. The molecule has 0 radical (unpaired) electrons. The van der Waals surface area contributed by atoms with Crippen molar-refractivity contribution >= 4 is 17.8 Å². The van der Waals surface area contributed by atoms with E-state index >= 15 is 0 Å². The van der Waals surface area contributed by atoms with Crippen molar-refractivity contribution < 1.29 is 18.7 Å². The van der Waals surface area contributed by atoms with Gasteiger partial charge in [-0.1, -0.05) is 18.6 Å². The SMILES string of the molecule is CC/C(=C/CN(N)/C=C(\N)c1ccc(F)cc1)CC[C@](C)(CCC(=O)C(C)C=O)OC. The first-order chi connectivity index (χ1) is 14.6. The molecule has 4 N–H and O–H groups in total. The van der Waals surface area contributed by atoms with Crippen molar-refractivity contribution in [1.82, 2.24) is 5.01 Å². The summed E-state index contributed by atoms with van der Waals surface area (Å²) in [6.45, 7) is 6.16. The third-order valence-electron chi connectivity index (χ3n) is 5.61. The van der Waals surface area contributed by atoms with Crippen molar-refractivity contribution in [2.24, 2.45) is 17.5 Å². The van der Waals surface area contributed by atoms with E-state index in [1.807, 2.05) is 6.92 Å². The normalized spacial score (nSPS) is 15.3. The molecule has 0 spiro atoms. The number of rotatable bonds is 14. The van der Waals surface area contributed by atoms with Crippen LogP contribution in [0, 0.1) is 11.7 Å². The zero-order chi connectivity index (χ0) is 23.4. The van der Waals surface area contributed by atoms with Gasteiger partial charge in [0.15, 0.2) is 0 Å². The molecule has 1 rings (SSSR count). The molecule has 31 heavy (non-hydrogen) atoms. The number of ether oxygens (including phenoxy) is 1. The van der Waals surface area contributed by atoms with Gasteiger partial charge in [0.1, 0.15) is 17.9 Å². The molecular weight excluding hydrogens is 397 g/mol. The highest BCUT2D eigenvalue weighted by Gasteiger charge is 2.25. The number of hydrogen-bond donors (Lipinski definition) is 2. The maximum absolute atomic E-state index is 13.0. The molecule has 6 nitrogen and oxygen atoms in total. The van der Waals surface area contributed by atoms with E-state index in [1.165, 1.54) is 22.7 Å². The Labute approximate surface area is 185 Å². The van der Waals surface area contributed by atoms with Crippen molar-refractivity contribution in [3.8, 4) is 0 Å². The highest BCUT2D eigenvalue weighted by molar-refractivity contribution is 5.92. The number of hydrogen-bond acceptors (Lipinski definition) is 6. The lowest BCUT2D eigenvalue weighted by Crippen LogP contribution is -2.29. The zero-order valence-electron chi connectivity index (χ0n) is 19.1. The smallest absolute Gasteiger partial charge is 0.142 e. The lowest BCUT2D eigenvalue weighted by molar-refractivity contribution is -0.128. The largest absolute Gasteiger partial charge is 0.397 e. The van der Waals surface area contributed by atoms with E-state index in [-0.39, 0.29) is 11.6 Å². The molecule has 0 saturated heterocycles. The minimum atomic E-state index is -0.571. The van der Waals surface area contributed by atoms with Crippen LogP contribution in [0.15, 0.2) is 42.1 Å². The second-order valence-corrected chi connectivity index (χ2v) is 8.05. The van der Waals surface area contributed by atoms with Crippen molar-refractivity contribution in [3.63, 3.8) is 0 Å². The van der Waals surface area contributed by atoms with E-state index in [1.54, 1.807) is 32.4 Å². The average molecular weight is 434 g/mol. The molecule has 0 heterocycles. The highest BCUT2D eigenvalue weighted by atomic mass is 19.1. The van der Waals surface area contributed by atoms with Gasteiger partial charge in [-0.15, -0.1) is 0 Å². The number of halogens is 1. The molecule has 1 aromatic rings. The van der Waals surface area contributed by atoms with E-state index in [9.17, 15) is 14.0 Å². The van der Waals surface area contributed by atoms with Crippen molar-refractivity contribution in [2.75, 3.05) is 13.7 Å². The summed E-state index contributed by atoms with van der Waals surface area (Å²) in [5.41, 5.74) is 7.97. The van der Waals surface area contributed by atoms with Crippen LogP contribution >= 0.6 is 0 Å². The number of methoxy groups -OCH3 is 1. The van der Waals surface area contributed by atoms with Gasteiger partial charge in [0.25, 0.3) is 0 Å². The Morgan fingerprint density at radius 1 is 1.26 bits per heavy atom. The molecule has 0 aliphatic rings. The van der Waals surface area contributed by atoms with Gasteiger partial charge >= 0.3 is 0 Å². The van der Waals surface area contributed by atoms with E-state index in [2.05, 4.69) is 13.0 Å². The van der Waals surface area contributed by atoms with Gasteiger partial charge in [-0.25, -0.2) is 10.2 Å². The average Bonchev–Trinajstić information content (AvgIpc) is 2.77. The molecule has 2 atom stereocenters. The van der Waals surface area contributed by atoms with Gasteiger partial charge in [0.2, 0.25) is 0 Å². The number of hydrazine groups is 1. The van der Waals surface area contributed by atoms with Gasteiger partial charge in [-0.05, 0) is 69.4 Å². The van der Waals surface area contributed by atoms with Crippen molar-refractivity contribution in [1.29, 1.82) is 0 Å². The predicted molar refractivity (Wildman–Crippen MR) is 122 cm³/mol. The number of Topliss-reactive ketones (excluding diaryl/α,β-unsaturated/α-hetero) is 1. The fraction of sp³-hybridized carbons (Fsp3) is 0.500. The third kappa shape index (κ3) is 9.44. The lowest BCUT2D eigenvalue weighted by Gasteiger charge is -2.29. The van der Waals surface area contributed by atoms with E-state index in [0.717, 1.165) is 19.3 Å². The van der Waals surface area contributed by atoms with Gasteiger partial charge in [-0.2, -0.15) is 0 Å². The number of carbonyl (C=O) groups excluding carboxylic acids is 2. The Hall–Kier alpha value is -2.51. The topological polar surface area (TPSA) is 98.6 Å². The quantitative estimate of drug-likeness (QED) is 0.151. The molecule has 0 fully saturated rings. The summed E-state index contributed by atoms with van der Waals surface area (Å²) < 4.78 is 18.7. The van der Waals surface area contributed by atoms with E-state index in [0.29, 0.717) is 36.9 Å². The molecule has 1 unspecified atom stereocenters. The summed E-state index contributed by atoms with van der Waals surface area (Å²) in [4.78, 5) is 22.7. The van der Waals surface area contributed by atoms with Crippen LogP contribution in [0.5, 0.6) is 0 Å². The van der Waals surface area contributed by atoms with Crippen molar-refractivity contribution in [2.45, 2.75) is 58.5 Å². The Morgan fingerprint density at radius 3 is 2.42 bits per heavy atom. The number of aldehydes is 1. The Kier molecular flexibility index (Phi) is 11.1. The molecule has 1 aromatic carbocycles. The minimum absolute atomic E-state index is 0.0613. The van der Waals surface area contributed by atoms with Crippen LogP contribution in [0.4, 0.5) is 4.39 Å². The highest BCUT2D eigenvalue weighted by Crippen LogP contribution is 2.26. The van der Waals surface area contributed by atoms with Crippen LogP contribution in [0.25, 0.3) is 5.70 Å². The van der Waals surface area contributed by atoms with Crippen LogP contribution < -0.4 is 11.6 Å². The predicted octanol–water partition coefficient (Wildman–Crippen LogP) is 3.96. The molecule has 0 aliphatic carbocycles. The summed E-state index contributed by atoms with van der Waals surface area (Å²) in [7, 11) is 1.65. The fourth-order valence-corrected chi connectivity index (χ4v) is 3.05. The minimum Gasteiger partial charge on any atom is -0.397 e. The molecule has 7 heteroatoms. The number of nitrogens with two attached hydrogens (primary N) is 2. The van der Waals surface area contributed by atoms with Gasteiger partial charge in [-0.3, -0.25) is 4.79 Å². The Bertz CT molecular complexity index is 777. The molecule has 172 valence electrons. The summed E-state index contributed by atoms with van der Waals surface area (Å²) in [5, 5.41) is 1.49. The molecular formula is C24H36FN3O3. The number of ketones is 1. The Balaban J connectivity index is 2.65. The monoisotopic (exact) mass is 433 g/mol. The number of nitrogens with zero attached hydrogens (tertiary/aromatic N) is 1. The fourth-order valence-electron chi connectivity index (χ4n) is 3.05. The van der Waals surface area contributed by atoms with Crippen LogP contribution in [-0.4, -0.2) is 36.3 Å². The maximum Gasteiger partial charge on any atom is 0.142 e. The molecule has 0 amide bonds. The summed E-state index contributed by atoms with van der Waals surface area (Å²) >= 11 is 0. The first-order valence-electron chi connectivity index (χ1n) is 10.6. The van der Waals surface area contributed by atoms with E-state index < -0.39 is 11.5 Å². The molecule has 0 aromatic heterocycles. The van der Waals surface area contributed by atoms with Crippen LogP contribution in [0.2, 0.25) is 0 Å². The van der Waals surface area contributed by atoms with Crippen LogP contribution in [0.1, 0.15) is 58.4 Å². The second-order valence-electron chi connectivity index (χ2n) is 8.05. The second kappa shape index (κ2) is 13.0. The molecule has 0 bridgehead atoms. The summed E-state index contributed by atoms with van der Waals surface area (Å²) in [6.07, 6.45) is 7.68. The number of carbonyl (C=O) groups is 2. The first kappa shape index (κ1) is 26.5. The first-order valence-corrected chi connectivity index (χ1v) is 10.6. The Morgan fingerprint density at radius 2 is 1.87 bits per heavy atom. The van der Waals surface area contributed by atoms with Crippen molar-refractivity contribution in [3.05, 3.63) is 53.5 Å². The number of benzene rings is 1. The van der Waals surface area contributed by atoms with E-state index in [4.69, 9.17) is 16.3 Å². The zero-order valence-corrected chi connectivity index (χ0v) is 19.1. The standard InChI is InChI=1S/C24H36FN3O3/c1-5-19(10-13-24(3,31-4)14-11-23(30)18(2)17-29)12-15-28(27)16-22(26)20-6-8-21(25)9-7-20/h6-9,12,16-18H,5,10-11,13-15,26-27H2,1-4H3/b19-12-,22-16-/t18?,24-/m1/s1. The van der Waals surface area contributed by atoms with Gasteiger partial charge < -0.3 is 20.3 Å². The summed E-state index contributed by atoms with van der Waals surface area (Å²) in [6, 6.07) is 5.92. The van der Waals surface area contributed by atoms with Crippen LogP contribution in [-0.2, 0) is 14.3 Å². The van der Waals surface area contributed by atoms with Gasteiger partial charge in [0, 0.05) is 19.7 Å².